The Morgan fingerprint density at radius 3 is 2.57 bits per heavy atom. The van der Waals surface area contributed by atoms with Crippen LogP contribution < -0.4 is 10.5 Å². The van der Waals surface area contributed by atoms with Crippen LogP contribution in [0.25, 0.3) is 0 Å². The highest BCUT2D eigenvalue weighted by Crippen LogP contribution is 2.37. The van der Waals surface area contributed by atoms with Crippen LogP contribution in [0.2, 0.25) is 0 Å². The summed E-state index contributed by atoms with van der Waals surface area (Å²) in [7, 11) is -4.03. The van der Waals surface area contributed by atoms with Crippen LogP contribution in [0.1, 0.15) is 29.4 Å². The fourth-order valence-corrected chi connectivity index (χ4v) is 2.86. The van der Waals surface area contributed by atoms with Gasteiger partial charge in [0.05, 0.1) is 0 Å². The second kappa shape index (κ2) is 5.47. The summed E-state index contributed by atoms with van der Waals surface area (Å²) in [6.07, 6.45) is 1.18. The molecule has 0 bridgehead atoms. The minimum absolute atomic E-state index is 0.00346. The van der Waals surface area contributed by atoms with Gasteiger partial charge in [0, 0.05) is 18.8 Å². The van der Waals surface area contributed by atoms with Gasteiger partial charge in [-0.15, -0.1) is 0 Å². The van der Waals surface area contributed by atoms with Gasteiger partial charge in [-0.05, 0) is 18.9 Å². The van der Waals surface area contributed by atoms with Crippen molar-refractivity contribution >= 4 is 21.9 Å². The second-order valence-electron chi connectivity index (χ2n) is 4.77. The normalized spacial score (nSPS) is 16.6. The maximum atomic E-state index is 12.0. The summed E-state index contributed by atoms with van der Waals surface area (Å²) in [5.41, 5.74) is 4.70. The van der Waals surface area contributed by atoms with Gasteiger partial charge in [0.15, 0.2) is 0 Å². The third-order valence-electron chi connectivity index (χ3n) is 3.09. The van der Waals surface area contributed by atoms with E-state index in [4.69, 9.17) is 10.8 Å². The number of nitrogens with one attached hydrogen (secondary N) is 1. The zero-order valence-electron chi connectivity index (χ0n) is 10.9. The number of amides is 1. The number of nitrogens with zero attached hydrogens (tertiary/aromatic N) is 1. The predicted molar refractivity (Wildman–Crippen MR) is 70.1 cm³/mol. The van der Waals surface area contributed by atoms with Gasteiger partial charge in [0.2, 0.25) is 15.9 Å². The maximum Gasteiger partial charge on any atom is 0.352 e. The largest absolute Gasteiger partial charge is 0.477 e. The molecule has 116 valence electrons. The zero-order chi connectivity index (χ0) is 15.8. The monoisotopic (exact) mass is 317 g/mol. The van der Waals surface area contributed by atoms with E-state index in [-0.39, 0.29) is 16.6 Å². The van der Waals surface area contributed by atoms with E-state index in [2.05, 4.69) is 0 Å². The van der Waals surface area contributed by atoms with Gasteiger partial charge < -0.3 is 20.5 Å². The molecule has 1 saturated carbocycles. The molecule has 1 aromatic heterocycles. The third kappa shape index (κ3) is 3.40. The van der Waals surface area contributed by atoms with E-state index in [0.29, 0.717) is 0 Å². The smallest absolute Gasteiger partial charge is 0.352 e. The Bertz CT molecular complexity index is 676. The number of aromatic nitrogens is 1. The van der Waals surface area contributed by atoms with E-state index in [0.717, 1.165) is 18.9 Å². The highest BCUT2D eigenvalue weighted by molar-refractivity contribution is 7.89. The number of carbonyl (C=O) groups excluding carboxylic acids is 1. The lowest BCUT2D eigenvalue weighted by Crippen LogP contribution is -2.39. The zero-order valence-corrected chi connectivity index (χ0v) is 11.7. The second-order valence-corrected chi connectivity index (χ2v) is 6.54. The summed E-state index contributed by atoms with van der Waals surface area (Å²) in [6.45, 7) is -0.575. The number of nitrogens with two attached hydrogens (primary N) is 1. The average molecular weight is 317 g/mol. The molecule has 0 aliphatic heterocycles. The number of carboxylic acid groups (broad SMARTS) is 1. The SMILES string of the molecule is NC(=O)C(O)CNS(=O)(=O)c1cc(C(=O)O)n(C2CC2)c1. The topological polar surface area (TPSA) is 152 Å². The summed E-state index contributed by atoms with van der Waals surface area (Å²) < 4.78 is 27.4. The molecule has 2 rings (SSSR count). The Hall–Kier alpha value is -1.91. The van der Waals surface area contributed by atoms with Crippen LogP contribution in [0.5, 0.6) is 0 Å². The number of aliphatic hydroxyl groups is 1. The van der Waals surface area contributed by atoms with Gasteiger partial charge in [-0.1, -0.05) is 0 Å². The highest BCUT2D eigenvalue weighted by atomic mass is 32.2. The summed E-state index contributed by atoms with van der Waals surface area (Å²) >= 11 is 0. The molecule has 1 aliphatic carbocycles. The number of hydrogen-bond donors (Lipinski definition) is 4. The first-order chi connectivity index (χ1) is 9.72. The Kier molecular flexibility index (Phi) is 4.03. The lowest BCUT2D eigenvalue weighted by Gasteiger charge is -2.08. The van der Waals surface area contributed by atoms with Crippen molar-refractivity contribution in [2.75, 3.05) is 6.54 Å². The van der Waals surface area contributed by atoms with Crippen molar-refractivity contribution in [3.63, 3.8) is 0 Å². The van der Waals surface area contributed by atoms with E-state index >= 15 is 0 Å². The van der Waals surface area contributed by atoms with Crippen molar-refractivity contribution in [3.8, 4) is 0 Å². The number of hydrogen-bond acceptors (Lipinski definition) is 5. The molecule has 5 N–H and O–H groups in total. The molecule has 1 heterocycles. The van der Waals surface area contributed by atoms with Crippen LogP contribution in [0.4, 0.5) is 0 Å². The van der Waals surface area contributed by atoms with Crippen molar-refractivity contribution in [3.05, 3.63) is 18.0 Å². The molecule has 1 aromatic rings. The fourth-order valence-electron chi connectivity index (χ4n) is 1.80. The van der Waals surface area contributed by atoms with Gasteiger partial charge in [-0.25, -0.2) is 17.9 Å². The average Bonchev–Trinajstić information content (AvgIpc) is 3.13. The van der Waals surface area contributed by atoms with Gasteiger partial charge in [0.1, 0.15) is 16.7 Å². The molecule has 1 fully saturated rings. The summed E-state index contributed by atoms with van der Waals surface area (Å²) in [6, 6.07) is 1.04. The highest BCUT2D eigenvalue weighted by Gasteiger charge is 2.30. The third-order valence-corrected chi connectivity index (χ3v) is 4.48. The van der Waals surface area contributed by atoms with Crippen LogP contribution in [-0.2, 0) is 14.8 Å². The number of carboxylic acids is 1. The molecule has 1 unspecified atom stereocenters. The van der Waals surface area contributed by atoms with E-state index in [9.17, 15) is 23.1 Å². The minimum Gasteiger partial charge on any atom is -0.477 e. The summed E-state index contributed by atoms with van der Waals surface area (Å²) in [5.74, 6) is -2.28. The molecule has 1 amide bonds. The summed E-state index contributed by atoms with van der Waals surface area (Å²) in [4.78, 5) is 21.5. The molecule has 9 nitrogen and oxygen atoms in total. The van der Waals surface area contributed by atoms with Crippen LogP contribution in [0.15, 0.2) is 17.2 Å². The number of aromatic carboxylic acids is 1. The molecule has 0 radical (unpaired) electrons. The Morgan fingerprint density at radius 2 is 2.10 bits per heavy atom. The van der Waals surface area contributed by atoms with Gasteiger partial charge in [0.25, 0.3) is 0 Å². The van der Waals surface area contributed by atoms with Gasteiger partial charge in [-0.3, -0.25) is 4.79 Å². The Morgan fingerprint density at radius 1 is 1.48 bits per heavy atom. The molecule has 0 spiro atoms. The van der Waals surface area contributed by atoms with Crippen molar-refractivity contribution in [2.45, 2.75) is 29.9 Å². The Balaban J connectivity index is 2.22. The molecule has 0 saturated heterocycles. The van der Waals surface area contributed by atoms with Crippen LogP contribution in [0.3, 0.4) is 0 Å². The van der Waals surface area contributed by atoms with Crippen LogP contribution >= 0.6 is 0 Å². The fraction of sp³-hybridized carbons (Fsp3) is 0.455. The molecule has 1 aliphatic rings. The summed E-state index contributed by atoms with van der Waals surface area (Å²) in [5, 5.41) is 18.3. The standard InChI is InChI=1S/C11H15N3O6S/c12-10(16)9(15)4-13-21(19,20)7-3-8(11(17)18)14(5-7)6-1-2-6/h3,5-6,9,13,15H,1-2,4H2,(H2,12,16)(H,17,18). The number of carbonyl (C=O) groups is 2. The number of aliphatic hydroxyl groups excluding tert-OH is 1. The van der Waals surface area contributed by atoms with Crippen molar-refractivity contribution in [2.24, 2.45) is 5.73 Å². The minimum atomic E-state index is -4.03. The molecule has 1 atom stereocenters. The number of primary amides is 1. The number of sulfonamides is 1. The first-order valence-electron chi connectivity index (χ1n) is 6.14. The van der Waals surface area contributed by atoms with Gasteiger partial charge >= 0.3 is 5.97 Å². The van der Waals surface area contributed by atoms with Crippen molar-refractivity contribution in [1.29, 1.82) is 0 Å². The van der Waals surface area contributed by atoms with Crippen molar-refractivity contribution < 1.29 is 28.2 Å². The first kappa shape index (κ1) is 15.5. The lowest BCUT2D eigenvalue weighted by molar-refractivity contribution is -0.125. The quantitative estimate of drug-likeness (QED) is 0.487. The molecule has 0 aromatic carbocycles. The number of rotatable bonds is 7. The van der Waals surface area contributed by atoms with Crippen LogP contribution in [0, 0.1) is 0 Å². The first-order valence-corrected chi connectivity index (χ1v) is 7.63. The van der Waals surface area contributed by atoms with E-state index < -0.39 is 34.5 Å². The maximum absolute atomic E-state index is 12.0. The molecule has 10 heteroatoms. The lowest BCUT2D eigenvalue weighted by atomic mass is 10.3. The van der Waals surface area contributed by atoms with Crippen molar-refractivity contribution in [1.82, 2.24) is 9.29 Å². The molecular weight excluding hydrogens is 302 g/mol. The molecule has 21 heavy (non-hydrogen) atoms. The van der Waals surface area contributed by atoms with Gasteiger partial charge in [-0.2, -0.15) is 0 Å². The predicted octanol–water partition coefficient (Wildman–Crippen LogP) is -1.35. The van der Waals surface area contributed by atoms with E-state index in [1.165, 1.54) is 10.8 Å². The van der Waals surface area contributed by atoms with Crippen LogP contribution in [-0.4, -0.2) is 47.7 Å². The van der Waals surface area contributed by atoms with E-state index in [1.54, 1.807) is 0 Å². The Labute approximate surface area is 120 Å². The molecular formula is C11H15N3O6S. The van der Waals surface area contributed by atoms with E-state index in [1.807, 2.05) is 4.72 Å².